The molecule has 108 valence electrons. The number of nitrogens with one attached hydrogen (secondary N) is 1. The van der Waals surface area contributed by atoms with Gasteiger partial charge < -0.3 is 15.8 Å². The normalized spacial score (nSPS) is 17.9. The molecular weight excluding hydrogens is 258 g/mol. The summed E-state index contributed by atoms with van der Waals surface area (Å²) in [5.41, 5.74) is 6.23. The Labute approximate surface area is 119 Å². The highest BCUT2D eigenvalue weighted by Crippen LogP contribution is 2.44. The summed E-state index contributed by atoms with van der Waals surface area (Å²) < 4.78 is 9.45. The average Bonchev–Trinajstić information content (AvgIpc) is 2.93. The van der Waals surface area contributed by atoms with E-state index < -0.39 is 0 Å². The van der Waals surface area contributed by atoms with Gasteiger partial charge in [-0.1, -0.05) is 26.7 Å². The minimum Gasteiger partial charge on any atom is -0.490 e. The lowest BCUT2D eigenvalue weighted by molar-refractivity contribution is 0.252. The number of aromatic nitrogens is 1. The van der Waals surface area contributed by atoms with Gasteiger partial charge in [0.15, 0.2) is 16.6 Å². The fourth-order valence-electron chi connectivity index (χ4n) is 3.32. The van der Waals surface area contributed by atoms with E-state index in [4.69, 9.17) is 10.5 Å². The van der Waals surface area contributed by atoms with Crippen LogP contribution in [0.25, 0.3) is 0 Å². The van der Waals surface area contributed by atoms with Gasteiger partial charge in [0.25, 0.3) is 0 Å². The van der Waals surface area contributed by atoms with Crippen LogP contribution in [0.15, 0.2) is 0 Å². The van der Waals surface area contributed by atoms with Crippen molar-refractivity contribution in [3.8, 4) is 5.75 Å². The van der Waals surface area contributed by atoms with Crippen LogP contribution in [-0.4, -0.2) is 18.0 Å². The fourth-order valence-corrected chi connectivity index (χ4v) is 4.00. The van der Waals surface area contributed by atoms with Gasteiger partial charge in [-0.25, -0.2) is 0 Å². The maximum Gasteiger partial charge on any atom is 0.197 e. The topological polar surface area (TPSA) is 60.2 Å². The molecule has 0 aromatic carbocycles. The van der Waals surface area contributed by atoms with E-state index in [1.807, 2.05) is 0 Å². The first kappa shape index (κ1) is 14.4. The minimum atomic E-state index is 0.442. The van der Waals surface area contributed by atoms with E-state index in [9.17, 15) is 0 Å². The highest BCUT2D eigenvalue weighted by Gasteiger charge is 2.34. The molecule has 0 amide bonds. The van der Waals surface area contributed by atoms with E-state index in [1.54, 1.807) is 7.11 Å². The van der Waals surface area contributed by atoms with Crippen molar-refractivity contribution in [1.82, 2.24) is 4.37 Å². The van der Waals surface area contributed by atoms with Gasteiger partial charge in [0.05, 0.1) is 7.11 Å². The van der Waals surface area contributed by atoms with Crippen LogP contribution >= 0.6 is 11.5 Å². The smallest absolute Gasteiger partial charge is 0.197 e. The quantitative estimate of drug-likeness (QED) is 0.834. The van der Waals surface area contributed by atoms with Gasteiger partial charge >= 0.3 is 0 Å². The zero-order chi connectivity index (χ0) is 13.9. The van der Waals surface area contributed by atoms with Gasteiger partial charge in [-0.15, -0.1) is 0 Å². The molecule has 0 saturated heterocycles. The molecule has 1 heterocycles. The predicted octanol–water partition coefficient (Wildman–Crippen LogP) is 3.75. The van der Waals surface area contributed by atoms with Crippen LogP contribution in [0.2, 0.25) is 0 Å². The van der Waals surface area contributed by atoms with E-state index in [1.165, 1.54) is 43.6 Å². The Kier molecular flexibility index (Phi) is 4.55. The number of nitrogens with two attached hydrogens (primary N) is 1. The monoisotopic (exact) mass is 283 g/mol. The Morgan fingerprint density at radius 2 is 2.11 bits per heavy atom. The van der Waals surface area contributed by atoms with Gasteiger partial charge in [-0.3, -0.25) is 0 Å². The predicted molar refractivity (Wildman–Crippen MR) is 81.9 cm³/mol. The zero-order valence-corrected chi connectivity index (χ0v) is 13.0. The molecule has 0 atom stereocenters. The molecule has 1 aromatic heterocycles. The van der Waals surface area contributed by atoms with E-state index >= 15 is 0 Å². The molecule has 2 rings (SSSR count). The second-order valence-electron chi connectivity index (χ2n) is 6.09. The van der Waals surface area contributed by atoms with Gasteiger partial charge in [-0.2, -0.15) is 4.37 Å². The average molecular weight is 283 g/mol. The van der Waals surface area contributed by atoms with Crippen LogP contribution in [0, 0.1) is 11.3 Å². The highest BCUT2D eigenvalue weighted by molar-refractivity contribution is 7.11. The van der Waals surface area contributed by atoms with E-state index in [2.05, 4.69) is 23.5 Å². The van der Waals surface area contributed by atoms with Crippen molar-refractivity contribution in [2.45, 2.75) is 46.0 Å². The van der Waals surface area contributed by atoms with Gasteiger partial charge in [-0.05, 0) is 42.1 Å². The lowest BCUT2D eigenvalue weighted by Crippen LogP contribution is -2.28. The summed E-state index contributed by atoms with van der Waals surface area (Å²) in [5.74, 6) is 1.93. The number of anilines is 2. The second kappa shape index (κ2) is 5.99. The third kappa shape index (κ3) is 3.32. The Morgan fingerprint density at radius 3 is 2.68 bits per heavy atom. The van der Waals surface area contributed by atoms with Crippen LogP contribution in [0.1, 0.15) is 46.0 Å². The third-order valence-electron chi connectivity index (χ3n) is 4.01. The molecule has 0 spiro atoms. The summed E-state index contributed by atoms with van der Waals surface area (Å²) in [6.07, 6.45) is 6.66. The maximum absolute atomic E-state index is 5.78. The summed E-state index contributed by atoms with van der Waals surface area (Å²) in [6.45, 7) is 5.62. The maximum atomic E-state index is 5.78. The van der Waals surface area contributed by atoms with Crippen LogP contribution in [-0.2, 0) is 0 Å². The standard InChI is InChI=1S/C14H25N3OS/c1-10(2)8-14(6-4-5-7-14)9-16-13-11(18-3)12(15)17-19-13/h10,16H,4-9H2,1-3H3,(H2,15,17). The van der Waals surface area contributed by atoms with Crippen LogP contribution < -0.4 is 15.8 Å². The first-order valence-electron chi connectivity index (χ1n) is 7.09. The summed E-state index contributed by atoms with van der Waals surface area (Å²) in [7, 11) is 1.64. The first-order valence-corrected chi connectivity index (χ1v) is 7.87. The summed E-state index contributed by atoms with van der Waals surface area (Å²) in [6, 6.07) is 0. The largest absolute Gasteiger partial charge is 0.490 e. The van der Waals surface area contributed by atoms with Crippen LogP contribution in [0.5, 0.6) is 5.75 Å². The number of hydrogen-bond acceptors (Lipinski definition) is 5. The molecule has 0 unspecified atom stereocenters. The van der Waals surface area contributed by atoms with E-state index in [-0.39, 0.29) is 0 Å². The molecule has 5 heteroatoms. The van der Waals surface area contributed by atoms with Gasteiger partial charge in [0, 0.05) is 6.54 Å². The minimum absolute atomic E-state index is 0.442. The van der Waals surface area contributed by atoms with Crippen molar-refractivity contribution in [3.63, 3.8) is 0 Å². The lowest BCUT2D eigenvalue weighted by Gasteiger charge is -2.31. The number of nitrogens with zero attached hydrogens (tertiary/aromatic N) is 1. The Morgan fingerprint density at radius 1 is 1.42 bits per heavy atom. The van der Waals surface area contributed by atoms with Crippen molar-refractivity contribution >= 4 is 22.4 Å². The van der Waals surface area contributed by atoms with Crippen LogP contribution in [0.3, 0.4) is 0 Å². The molecule has 1 aromatic rings. The molecule has 1 saturated carbocycles. The molecule has 1 aliphatic rings. The highest BCUT2D eigenvalue weighted by atomic mass is 32.1. The van der Waals surface area contributed by atoms with Gasteiger partial charge in [0.1, 0.15) is 0 Å². The lowest BCUT2D eigenvalue weighted by atomic mass is 9.78. The van der Waals surface area contributed by atoms with Crippen molar-refractivity contribution in [2.24, 2.45) is 11.3 Å². The molecule has 3 N–H and O–H groups in total. The van der Waals surface area contributed by atoms with E-state index in [0.717, 1.165) is 17.5 Å². The molecular formula is C14H25N3OS. The Bertz CT molecular complexity index is 411. The summed E-state index contributed by atoms with van der Waals surface area (Å²) >= 11 is 1.39. The molecule has 0 aliphatic heterocycles. The number of hydrogen-bond donors (Lipinski definition) is 2. The van der Waals surface area contributed by atoms with Crippen LogP contribution in [0.4, 0.5) is 10.8 Å². The van der Waals surface area contributed by atoms with Crippen molar-refractivity contribution in [2.75, 3.05) is 24.7 Å². The Hall–Kier alpha value is -0.970. The number of ether oxygens (including phenoxy) is 1. The summed E-state index contributed by atoms with van der Waals surface area (Å²) in [5, 5.41) is 4.49. The Balaban J connectivity index is 2.02. The van der Waals surface area contributed by atoms with E-state index in [0.29, 0.717) is 17.0 Å². The van der Waals surface area contributed by atoms with Gasteiger partial charge in [0.2, 0.25) is 0 Å². The number of nitrogen functional groups attached to an aromatic ring is 1. The molecule has 0 bridgehead atoms. The first-order chi connectivity index (χ1) is 9.06. The van der Waals surface area contributed by atoms with Crippen molar-refractivity contribution in [1.29, 1.82) is 0 Å². The SMILES string of the molecule is COc1c(N)nsc1NCC1(CC(C)C)CCCC1. The van der Waals surface area contributed by atoms with Crippen molar-refractivity contribution < 1.29 is 4.74 Å². The number of rotatable bonds is 6. The molecule has 0 radical (unpaired) electrons. The molecule has 4 nitrogen and oxygen atoms in total. The second-order valence-corrected chi connectivity index (χ2v) is 6.86. The zero-order valence-electron chi connectivity index (χ0n) is 12.2. The molecule has 1 fully saturated rings. The summed E-state index contributed by atoms with van der Waals surface area (Å²) in [4.78, 5) is 0. The van der Waals surface area contributed by atoms with Crippen molar-refractivity contribution in [3.05, 3.63) is 0 Å². The molecule has 1 aliphatic carbocycles. The third-order valence-corrected chi connectivity index (χ3v) is 4.81. The number of methoxy groups -OCH3 is 1. The fraction of sp³-hybridized carbons (Fsp3) is 0.786. The molecule has 19 heavy (non-hydrogen) atoms.